The molecule has 21 heavy (non-hydrogen) atoms. The molecule has 0 aromatic carbocycles. The fourth-order valence-electron chi connectivity index (χ4n) is 4.50. The minimum Gasteiger partial charge on any atom is -0.317 e. The van der Waals surface area contributed by atoms with Gasteiger partial charge in [0, 0.05) is 25.7 Å². The second-order valence-electron chi connectivity index (χ2n) is 8.23. The van der Waals surface area contributed by atoms with Crippen molar-refractivity contribution in [1.82, 2.24) is 10.2 Å². The highest BCUT2D eigenvalue weighted by Gasteiger charge is 2.34. The molecule has 0 bridgehead atoms. The van der Waals surface area contributed by atoms with Gasteiger partial charge in [-0.1, -0.05) is 19.8 Å². The predicted octanol–water partition coefficient (Wildman–Crippen LogP) is 3.91. The van der Waals surface area contributed by atoms with Crippen LogP contribution in [0.2, 0.25) is 0 Å². The van der Waals surface area contributed by atoms with Crippen LogP contribution in [0.5, 0.6) is 0 Å². The lowest BCUT2D eigenvalue weighted by molar-refractivity contribution is 0.132. The summed E-state index contributed by atoms with van der Waals surface area (Å²) in [6, 6.07) is 0.777. The van der Waals surface area contributed by atoms with Gasteiger partial charge in [0.25, 0.3) is 0 Å². The molecule has 0 saturated heterocycles. The van der Waals surface area contributed by atoms with Crippen molar-refractivity contribution in [3.05, 3.63) is 0 Å². The van der Waals surface area contributed by atoms with Crippen LogP contribution in [0.4, 0.5) is 0 Å². The number of hydrogen-bond acceptors (Lipinski definition) is 2. The molecule has 122 valence electrons. The lowest BCUT2D eigenvalue weighted by Crippen LogP contribution is -2.45. The molecule has 2 nitrogen and oxygen atoms in total. The van der Waals surface area contributed by atoms with Crippen molar-refractivity contribution >= 4 is 0 Å². The van der Waals surface area contributed by atoms with E-state index < -0.39 is 0 Å². The molecule has 0 aromatic heterocycles. The van der Waals surface area contributed by atoms with Gasteiger partial charge in [-0.15, -0.1) is 0 Å². The van der Waals surface area contributed by atoms with E-state index in [2.05, 4.69) is 24.2 Å². The van der Waals surface area contributed by atoms with E-state index in [-0.39, 0.29) is 0 Å². The average Bonchev–Trinajstić information content (AvgIpc) is 3.36. The fraction of sp³-hybridized carbons (Fsp3) is 1.00. The van der Waals surface area contributed by atoms with Crippen molar-refractivity contribution in [2.24, 2.45) is 23.7 Å². The van der Waals surface area contributed by atoms with Gasteiger partial charge in [-0.05, 0) is 75.7 Å². The van der Waals surface area contributed by atoms with E-state index in [1.54, 1.807) is 0 Å². The summed E-state index contributed by atoms with van der Waals surface area (Å²) in [6.07, 6.45) is 13.2. The third-order valence-corrected chi connectivity index (χ3v) is 6.08. The van der Waals surface area contributed by atoms with Gasteiger partial charge >= 0.3 is 0 Å². The first-order valence-corrected chi connectivity index (χ1v) is 9.68. The highest BCUT2D eigenvalue weighted by Crippen LogP contribution is 2.37. The summed E-state index contributed by atoms with van der Waals surface area (Å²) < 4.78 is 0. The summed E-state index contributed by atoms with van der Waals surface area (Å²) in [6.45, 7) is 6.54. The Labute approximate surface area is 132 Å². The van der Waals surface area contributed by atoms with Crippen LogP contribution in [0, 0.1) is 23.7 Å². The maximum atomic E-state index is 3.63. The Morgan fingerprint density at radius 3 is 2.00 bits per heavy atom. The Hall–Kier alpha value is -0.0800. The van der Waals surface area contributed by atoms with E-state index in [0.29, 0.717) is 0 Å². The van der Waals surface area contributed by atoms with Gasteiger partial charge in [-0.25, -0.2) is 0 Å². The Morgan fingerprint density at radius 1 is 0.857 bits per heavy atom. The van der Waals surface area contributed by atoms with Crippen molar-refractivity contribution in [2.75, 3.05) is 26.7 Å². The molecule has 0 spiro atoms. The van der Waals surface area contributed by atoms with Crippen LogP contribution in [0.3, 0.4) is 0 Å². The number of nitrogens with zero attached hydrogens (tertiary/aromatic N) is 1. The number of hydrogen-bond donors (Lipinski definition) is 1. The fourth-order valence-corrected chi connectivity index (χ4v) is 4.50. The maximum absolute atomic E-state index is 3.63. The molecule has 3 fully saturated rings. The van der Waals surface area contributed by atoms with Crippen LogP contribution in [0.25, 0.3) is 0 Å². The van der Waals surface area contributed by atoms with Crippen LogP contribution in [-0.4, -0.2) is 37.6 Å². The van der Waals surface area contributed by atoms with Crippen LogP contribution in [0.1, 0.15) is 64.7 Å². The second kappa shape index (κ2) is 7.46. The van der Waals surface area contributed by atoms with Gasteiger partial charge in [0.2, 0.25) is 0 Å². The Kier molecular flexibility index (Phi) is 5.61. The molecule has 3 aliphatic carbocycles. The van der Waals surface area contributed by atoms with Gasteiger partial charge in [-0.3, -0.25) is 0 Å². The zero-order chi connectivity index (χ0) is 14.7. The summed E-state index contributed by atoms with van der Waals surface area (Å²) in [7, 11) is 2.18. The molecule has 3 atom stereocenters. The third-order valence-electron chi connectivity index (χ3n) is 6.08. The molecule has 3 rings (SSSR count). The Balaban J connectivity index is 1.54. The Bertz CT molecular complexity index is 295. The molecule has 2 heteroatoms. The topological polar surface area (TPSA) is 15.3 Å². The van der Waals surface area contributed by atoms with Crippen molar-refractivity contribution in [3.8, 4) is 0 Å². The van der Waals surface area contributed by atoms with Crippen molar-refractivity contribution < 1.29 is 0 Å². The average molecular weight is 293 g/mol. The number of rotatable bonds is 9. The van der Waals surface area contributed by atoms with E-state index in [4.69, 9.17) is 0 Å². The molecule has 0 radical (unpaired) electrons. The number of nitrogens with one attached hydrogen (secondary N) is 1. The maximum Gasteiger partial charge on any atom is 0.0105 e. The smallest absolute Gasteiger partial charge is 0.0105 e. The first-order chi connectivity index (χ1) is 10.3. The van der Waals surface area contributed by atoms with Crippen molar-refractivity contribution in [3.63, 3.8) is 0 Å². The third kappa shape index (κ3) is 4.96. The lowest BCUT2D eigenvalue weighted by atomic mass is 9.76. The molecule has 3 saturated carbocycles. The molecule has 1 N–H and O–H groups in total. The predicted molar refractivity (Wildman–Crippen MR) is 90.5 cm³/mol. The quantitative estimate of drug-likeness (QED) is 0.693. The van der Waals surface area contributed by atoms with E-state index in [1.165, 1.54) is 77.4 Å². The molecule has 0 aliphatic heterocycles. The highest BCUT2D eigenvalue weighted by atomic mass is 15.1. The van der Waals surface area contributed by atoms with Gasteiger partial charge in [0.15, 0.2) is 0 Å². The molecular weight excluding hydrogens is 256 g/mol. The zero-order valence-corrected chi connectivity index (χ0v) is 14.3. The molecule has 0 aromatic rings. The zero-order valence-electron chi connectivity index (χ0n) is 14.3. The van der Waals surface area contributed by atoms with E-state index in [9.17, 15) is 0 Å². The van der Waals surface area contributed by atoms with Crippen LogP contribution >= 0.6 is 0 Å². The van der Waals surface area contributed by atoms with E-state index in [0.717, 1.165) is 29.7 Å². The minimum atomic E-state index is 0.777. The van der Waals surface area contributed by atoms with Crippen molar-refractivity contribution in [1.29, 1.82) is 0 Å². The van der Waals surface area contributed by atoms with E-state index in [1.807, 2.05) is 0 Å². The van der Waals surface area contributed by atoms with Crippen LogP contribution < -0.4 is 5.32 Å². The molecule has 0 amide bonds. The molecule has 3 unspecified atom stereocenters. The summed E-state index contributed by atoms with van der Waals surface area (Å²) in [4.78, 5) is 2.86. The second-order valence-corrected chi connectivity index (χ2v) is 8.23. The molecule has 3 aliphatic rings. The summed E-state index contributed by atoms with van der Waals surface area (Å²) in [5.74, 6) is 4.00. The molecule has 0 heterocycles. The SMILES string of the molecule is CCCC1CCC(NC)C(CN(CC2CC2)CC2CC2)C1. The van der Waals surface area contributed by atoms with Crippen LogP contribution in [0.15, 0.2) is 0 Å². The Morgan fingerprint density at radius 2 is 1.48 bits per heavy atom. The van der Waals surface area contributed by atoms with Gasteiger partial charge in [0.05, 0.1) is 0 Å². The van der Waals surface area contributed by atoms with Gasteiger partial charge in [0.1, 0.15) is 0 Å². The lowest BCUT2D eigenvalue weighted by Gasteiger charge is -2.39. The largest absolute Gasteiger partial charge is 0.317 e. The summed E-state index contributed by atoms with van der Waals surface area (Å²) in [5.41, 5.74) is 0. The van der Waals surface area contributed by atoms with E-state index >= 15 is 0 Å². The molecular formula is C19H36N2. The normalized spacial score (nSPS) is 33.6. The standard InChI is InChI=1S/C19H36N2/c1-3-4-15-9-10-19(20-2)18(11-15)14-21(12-16-5-6-16)13-17-7-8-17/h15-20H,3-14H2,1-2H3. The van der Waals surface area contributed by atoms with Crippen LogP contribution in [-0.2, 0) is 0 Å². The van der Waals surface area contributed by atoms with Gasteiger partial charge in [-0.2, -0.15) is 0 Å². The minimum absolute atomic E-state index is 0.777. The van der Waals surface area contributed by atoms with Crippen molar-refractivity contribution in [2.45, 2.75) is 70.8 Å². The summed E-state index contributed by atoms with van der Waals surface area (Å²) in [5, 5.41) is 3.63. The van der Waals surface area contributed by atoms with Gasteiger partial charge < -0.3 is 10.2 Å². The first kappa shape index (κ1) is 15.8. The highest BCUT2D eigenvalue weighted by molar-refractivity contribution is 4.89. The first-order valence-electron chi connectivity index (χ1n) is 9.68. The summed E-state index contributed by atoms with van der Waals surface area (Å²) >= 11 is 0. The monoisotopic (exact) mass is 292 g/mol.